The molecule has 1 N–H and O–H groups in total. The quantitative estimate of drug-likeness (QED) is 0.354. The molecular formula is C26H20F2N6. The summed E-state index contributed by atoms with van der Waals surface area (Å²) in [7, 11) is 0. The molecule has 0 aliphatic heterocycles. The van der Waals surface area contributed by atoms with E-state index < -0.39 is 11.6 Å². The Morgan fingerprint density at radius 1 is 0.824 bits per heavy atom. The Hall–Kier alpha value is -4.33. The number of rotatable bonds is 4. The highest BCUT2D eigenvalue weighted by atomic mass is 19.1. The van der Waals surface area contributed by atoms with E-state index in [0.717, 1.165) is 22.9 Å². The molecule has 6 nitrogen and oxygen atoms in total. The minimum absolute atomic E-state index is 0.193. The summed E-state index contributed by atoms with van der Waals surface area (Å²) < 4.78 is 29.1. The lowest BCUT2D eigenvalue weighted by Gasteiger charge is -2.17. The average Bonchev–Trinajstić information content (AvgIpc) is 2.80. The first-order valence-corrected chi connectivity index (χ1v) is 10.6. The predicted molar refractivity (Wildman–Crippen MR) is 128 cm³/mol. The molecule has 0 saturated heterocycles. The molecule has 0 amide bonds. The van der Waals surface area contributed by atoms with Gasteiger partial charge in [0.15, 0.2) is 0 Å². The maximum Gasteiger partial charge on any atom is 0.137 e. The Balaban J connectivity index is 1.69. The Kier molecular flexibility index (Phi) is 5.41. The van der Waals surface area contributed by atoms with Crippen molar-refractivity contribution >= 4 is 22.3 Å². The number of nitrogens with zero attached hydrogens (tertiary/aromatic N) is 5. The fraction of sp³-hybridized carbons (Fsp3) is 0.115. The van der Waals surface area contributed by atoms with Gasteiger partial charge in [-0.1, -0.05) is 0 Å². The van der Waals surface area contributed by atoms with Crippen LogP contribution in [0.5, 0.6) is 0 Å². The van der Waals surface area contributed by atoms with E-state index in [-0.39, 0.29) is 10.9 Å². The SMILES string of the molecule is Cc1ccnc(-c2nc3cc(F)cc(F)c3c(Nc3cncc(-c4ccnc(C)n4)c3)c2C)c1. The van der Waals surface area contributed by atoms with E-state index in [4.69, 9.17) is 0 Å². The number of aryl methyl sites for hydroxylation is 2. The molecular weight excluding hydrogens is 434 g/mol. The van der Waals surface area contributed by atoms with E-state index in [1.807, 2.05) is 39.0 Å². The Bertz CT molecular complexity index is 1550. The number of halogens is 2. The van der Waals surface area contributed by atoms with Crippen molar-refractivity contribution in [2.45, 2.75) is 20.8 Å². The number of nitrogens with one attached hydrogen (secondary N) is 1. The zero-order chi connectivity index (χ0) is 23.8. The van der Waals surface area contributed by atoms with E-state index >= 15 is 4.39 Å². The monoisotopic (exact) mass is 454 g/mol. The maximum absolute atomic E-state index is 15.0. The summed E-state index contributed by atoms with van der Waals surface area (Å²) in [6.07, 6.45) is 6.70. The lowest BCUT2D eigenvalue weighted by atomic mass is 10.0. The first-order chi connectivity index (χ1) is 16.4. The summed E-state index contributed by atoms with van der Waals surface area (Å²) in [6, 6.07) is 9.51. The topological polar surface area (TPSA) is 76.5 Å². The van der Waals surface area contributed by atoms with Gasteiger partial charge in [0.05, 0.1) is 45.6 Å². The van der Waals surface area contributed by atoms with Gasteiger partial charge in [0.2, 0.25) is 0 Å². The molecule has 0 fully saturated rings. The summed E-state index contributed by atoms with van der Waals surface area (Å²) in [5, 5.41) is 3.48. The van der Waals surface area contributed by atoms with Crippen LogP contribution in [0.3, 0.4) is 0 Å². The third-order valence-corrected chi connectivity index (χ3v) is 5.48. The van der Waals surface area contributed by atoms with Gasteiger partial charge in [0.1, 0.15) is 17.5 Å². The minimum Gasteiger partial charge on any atom is -0.353 e. The number of hydrogen-bond donors (Lipinski definition) is 1. The van der Waals surface area contributed by atoms with Crippen LogP contribution in [0.2, 0.25) is 0 Å². The smallest absolute Gasteiger partial charge is 0.137 e. The number of fused-ring (bicyclic) bond motifs is 1. The van der Waals surface area contributed by atoms with Gasteiger partial charge in [0.25, 0.3) is 0 Å². The van der Waals surface area contributed by atoms with Gasteiger partial charge in [-0.05, 0) is 50.6 Å². The van der Waals surface area contributed by atoms with Crippen molar-refractivity contribution < 1.29 is 8.78 Å². The molecule has 5 aromatic rings. The largest absolute Gasteiger partial charge is 0.353 e. The maximum atomic E-state index is 15.0. The molecule has 0 bridgehead atoms. The van der Waals surface area contributed by atoms with Crippen LogP contribution in [0.4, 0.5) is 20.2 Å². The molecule has 0 unspecified atom stereocenters. The van der Waals surface area contributed by atoms with E-state index in [1.54, 1.807) is 30.9 Å². The van der Waals surface area contributed by atoms with Crippen molar-refractivity contribution in [2.75, 3.05) is 5.32 Å². The summed E-state index contributed by atoms with van der Waals surface area (Å²) >= 11 is 0. The number of benzene rings is 1. The molecule has 0 aliphatic rings. The number of aromatic nitrogens is 5. The molecule has 0 spiro atoms. The second-order valence-corrected chi connectivity index (χ2v) is 8.04. The number of hydrogen-bond acceptors (Lipinski definition) is 6. The highest BCUT2D eigenvalue weighted by Crippen LogP contribution is 2.37. The highest BCUT2D eigenvalue weighted by molar-refractivity contribution is 5.98. The molecule has 34 heavy (non-hydrogen) atoms. The number of pyridine rings is 3. The molecule has 1 aromatic carbocycles. The summed E-state index contributed by atoms with van der Waals surface area (Å²) in [6.45, 7) is 5.60. The molecule has 168 valence electrons. The van der Waals surface area contributed by atoms with E-state index in [0.29, 0.717) is 34.2 Å². The van der Waals surface area contributed by atoms with Crippen LogP contribution in [-0.4, -0.2) is 24.9 Å². The highest BCUT2D eigenvalue weighted by Gasteiger charge is 2.19. The molecule has 0 aliphatic carbocycles. The van der Waals surface area contributed by atoms with Crippen LogP contribution in [0, 0.1) is 32.4 Å². The van der Waals surface area contributed by atoms with Crippen LogP contribution >= 0.6 is 0 Å². The Labute approximate surface area is 194 Å². The molecule has 4 aromatic heterocycles. The van der Waals surface area contributed by atoms with Gasteiger partial charge in [-0.15, -0.1) is 0 Å². The fourth-order valence-corrected chi connectivity index (χ4v) is 3.89. The van der Waals surface area contributed by atoms with Gasteiger partial charge in [-0.3, -0.25) is 9.97 Å². The Morgan fingerprint density at radius 2 is 1.65 bits per heavy atom. The second-order valence-electron chi connectivity index (χ2n) is 8.04. The van der Waals surface area contributed by atoms with Crippen LogP contribution in [0.1, 0.15) is 17.0 Å². The molecule has 4 heterocycles. The standard InChI is InChI=1S/C26H20F2N6/c1-14-4-6-31-23(8-14)25-15(2)26(24-20(28)10-18(27)11-22(24)34-25)33-19-9-17(12-29-13-19)21-5-7-30-16(3)32-21/h4-13H,1-3H3,(H,33,34). The van der Waals surface area contributed by atoms with E-state index in [9.17, 15) is 4.39 Å². The van der Waals surface area contributed by atoms with Crippen molar-refractivity contribution in [3.63, 3.8) is 0 Å². The van der Waals surface area contributed by atoms with Gasteiger partial charge < -0.3 is 5.32 Å². The normalized spacial score (nSPS) is 11.1. The third kappa shape index (κ3) is 4.05. The minimum atomic E-state index is -0.701. The second kappa shape index (κ2) is 8.55. The zero-order valence-electron chi connectivity index (χ0n) is 18.8. The summed E-state index contributed by atoms with van der Waals surface area (Å²) in [5.74, 6) is -0.753. The molecule has 0 saturated carbocycles. The van der Waals surface area contributed by atoms with Crippen molar-refractivity contribution in [1.29, 1.82) is 0 Å². The van der Waals surface area contributed by atoms with Crippen LogP contribution in [0.25, 0.3) is 33.5 Å². The lowest BCUT2D eigenvalue weighted by molar-refractivity contribution is 0.591. The van der Waals surface area contributed by atoms with Gasteiger partial charge in [0, 0.05) is 41.9 Å². The van der Waals surface area contributed by atoms with Gasteiger partial charge >= 0.3 is 0 Å². The molecule has 0 radical (unpaired) electrons. The van der Waals surface area contributed by atoms with Crippen LogP contribution in [-0.2, 0) is 0 Å². The summed E-state index contributed by atoms with van der Waals surface area (Å²) in [4.78, 5) is 21.9. The molecule has 8 heteroatoms. The van der Waals surface area contributed by atoms with Crippen molar-refractivity contribution in [3.8, 4) is 22.6 Å². The van der Waals surface area contributed by atoms with Crippen LogP contribution < -0.4 is 5.32 Å². The summed E-state index contributed by atoms with van der Waals surface area (Å²) in [5.41, 5.74) is 5.63. The molecule has 0 atom stereocenters. The average molecular weight is 454 g/mol. The van der Waals surface area contributed by atoms with E-state index in [2.05, 4.69) is 30.2 Å². The Morgan fingerprint density at radius 3 is 2.44 bits per heavy atom. The van der Waals surface area contributed by atoms with Crippen molar-refractivity contribution in [3.05, 3.63) is 89.8 Å². The first-order valence-electron chi connectivity index (χ1n) is 10.6. The van der Waals surface area contributed by atoms with Crippen molar-refractivity contribution in [2.24, 2.45) is 0 Å². The predicted octanol–water partition coefficient (Wildman–Crippen LogP) is 6.10. The van der Waals surface area contributed by atoms with Gasteiger partial charge in [-0.2, -0.15) is 0 Å². The lowest BCUT2D eigenvalue weighted by Crippen LogP contribution is -2.03. The molecule has 5 rings (SSSR count). The van der Waals surface area contributed by atoms with E-state index in [1.165, 1.54) is 6.07 Å². The first kappa shape index (κ1) is 21.5. The third-order valence-electron chi connectivity index (χ3n) is 5.48. The van der Waals surface area contributed by atoms with Gasteiger partial charge in [-0.25, -0.2) is 23.7 Å². The van der Waals surface area contributed by atoms with Crippen LogP contribution in [0.15, 0.2) is 61.2 Å². The number of anilines is 2. The van der Waals surface area contributed by atoms with Crippen molar-refractivity contribution in [1.82, 2.24) is 24.9 Å². The zero-order valence-corrected chi connectivity index (χ0v) is 18.8. The fourth-order valence-electron chi connectivity index (χ4n) is 3.89.